The maximum Gasteiger partial charge on any atom is 0.313 e. The molecule has 1 N–H and O–H groups in total. The largest absolute Gasteiger partial charge is 0.469 e. The molecule has 0 unspecified atom stereocenters. The summed E-state index contributed by atoms with van der Waals surface area (Å²) in [7, 11) is 1.46. The fourth-order valence-electron chi connectivity index (χ4n) is 1.86. The van der Waals surface area contributed by atoms with Gasteiger partial charge in [-0.25, -0.2) is 0 Å². The quantitative estimate of drug-likeness (QED) is 0.512. The standard InChI is InChI=1S/C7H11NO2/c1-10-6(9)7-2-5(7)3-8-4-7/h5,8H,2-4H2,1H3/t5-,7-/m1/s1. The van der Waals surface area contributed by atoms with Crippen LogP contribution in [0.4, 0.5) is 0 Å². The highest BCUT2D eigenvalue weighted by atomic mass is 16.5. The second-order valence-corrected chi connectivity index (χ2v) is 3.18. The van der Waals surface area contributed by atoms with Gasteiger partial charge in [0, 0.05) is 6.54 Å². The fraction of sp³-hybridized carbons (Fsp3) is 0.857. The first-order chi connectivity index (χ1) is 4.79. The van der Waals surface area contributed by atoms with E-state index in [4.69, 9.17) is 4.74 Å². The lowest BCUT2D eigenvalue weighted by Gasteiger charge is -2.06. The Morgan fingerprint density at radius 3 is 3.00 bits per heavy atom. The Labute approximate surface area is 59.7 Å². The zero-order valence-corrected chi connectivity index (χ0v) is 6.02. The van der Waals surface area contributed by atoms with E-state index >= 15 is 0 Å². The number of rotatable bonds is 1. The molecule has 2 fully saturated rings. The lowest BCUT2D eigenvalue weighted by atomic mass is 10.1. The molecule has 0 aromatic rings. The first kappa shape index (κ1) is 6.16. The lowest BCUT2D eigenvalue weighted by molar-refractivity contribution is -0.146. The van der Waals surface area contributed by atoms with Crippen LogP contribution >= 0.6 is 0 Å². The first-order valence-electron chi connectivity index (χ1n) is 3.59. The van der Waals surface area contributed by atoms with Crippen LogP contribution in [0.3, 0.4) is 0 Å². The first-order valence-corrected chi connectivity index (χ1v) is 3.59. The monoisotopic (exact) mass is 141 g/mol. The molecule has 0 aromatic heterocycles. The summed E-state index contributed by atoms with van der Waals surface area (Å²) in [6.45, 7) is 1.82. The molecule has 0 bridgehead atoms. The third-order valence-corrected chi connectivity index (χ3v) is 2.66. The van der Waals surface area contributed by atoms with E-state index in [-0.39, 0.29) is 11.4 Å². The molecule has 1 saturated carbocycles. The van der Waals surface area contributed by atoms with Crippen molar-refractivity contribution in [1.82, 2.24) is 5.32 Å². The Morgan fingerprint density at radius 1 is 1.80 bits per heavy atom. The summed E-state index contributed by atoms with van der Waals surface area (Å²) in [5.74, 6) is 0.544. The van der Waals surface area contributed by atoms with E-state index in [1.807, 2.05) is 0 Å². The Kier molecular flexibility index (Phi) is 1.06. The Bertz CT molecular complexity index is 180. The number of carbonyl (C=O) groups is 1. The maximum atomic E-state index is 11.1. The molecular formula is C7H11NO2. The van der Waals surface area contributed by atoms with Gasteiger partial charge < -0.3 is 10.1 Å². The van der Waals surface area contributed by atoms with Crippen LogP contribution in [0.2, 0.25) is 0 Å². The van der Waals surface area contributed by atoms with E-state index in [0.717, 1.165) is 19.5 Å². The molecule has 1 aliphatic heterocycles. The van der Waals surface area contributed by atoms with Crippen LogP contribution in [0.25, 0.3) is 0 Å². The van der Waals surface area contributed by atoms with Gasteiger partial charge in [-0.05, 0) is 18.9 Å². The van der Waals surface area contributed by atoms with Crippen molar-refractivity contribution in [2.24, 2.45) is 11.3 Å². The van der Waals surface area contributed by atoms with E-state index in [1.165, 1.54) is 7.11 Å². The van der Waals surface area contributed by atoms with E-state index in [0.29, 0.717) is 5.92 Å². The maximum absolute atomic E-state index is 11.1. The van der Waals surface area contributed by atoms with E-state index < -0.39 is 0 Å². The summed E-state index contributed by atoms with van der Waals surface area (Å²) >= 11 is 0. The summed E-state index contributed by atoms with van der Waals surface area (Å²) in [6, 6.07) is 0. The van der Waals surface area contributed by atoms with Crippen molar-refractivity contribution < 1.29 is 9.53 Å². The van der Waals surface area contributed by atoms with Crippen LogP contribution in [0.5, 0.6) is 0 Å². The van der Waals surface area contributed by atoms with Gasteiger partial charge in [0.15, 0.2) is 0 Å². The highest BCUT2D eigenvalue weighted by molar-refractivity contribution is 5.81. The second kappa shape index (κ2) is 1.72. The number of piperidine rings is 1. The highest BCUT2D eigenvalue weighted by Gasteiger charge is 2.63. The number of carbonyl (C=O) groups excluding carboxylic acids is 1. The van der Waals surface area contributed by atoms with Crippen molar-refractivity contribution in [3.63, 3.8) is 0 Å². The molecule has 0 spiro atoms. The third-order valence-electron chi connectivity index (χ3n) is 2.66. The summed E-state index contributed by atoms with van der Waals surface area (Å²) in [4.78, 5) is 11.1. The highest BCUT2D eigenvalue weighted by Crippen LogP contribution is 2.55. The Morgan fingerprint density at radius 2 is 2.60 bits per heavy atom. The van der Waals surface area contributed by atoms with Gasteiger partial charge in [0.25, 0.3) is 0 Å². The van der Waals surface area contributed by atoms with Gasteiger partial charge in [0.1, 0.15) is 0 Å². The molecule has 0 radical (unpaired) electrons. The number of ether oxygens (including phenoxy) is 1. The molecule has 1 saturated heterocycles. The average Bonchev–Trinajstić information content (AvgIpc) is 2.54. The van der Waals surface area contributed by atoms with Crippen molar-refractivity contribution in [2.45, 2.75) is 6.42 Å². The SMILES string of the molecule is COC(=O)[C@]12CNC[C@H]1C2. The molecule has 0 amide bonds. The molecular weight excluding hydrogens is 130 g/mol. The molecule has 3 heteroatoms. The molecule has 1 aliphatic carbocycles. The van der Waals surface area contributed by atoms with Crippen LogP contribution in [0.15, 0.2) is 0 Å². The summed E-state index contributed by atoms with van der Waals surface area (Å²) in [5.41, 5.74) is -0.102. The Balaban J connectivity index is 2.11. The van der Waals surface area contributed by atoms with E-state index in [1.54, 1.807) is 0 Å². The molecule has 10 heavy (non-hydrogen) atoms. The molecule has 3 nitrogen and oxygen atoms in total. The fourth-order valence-corrected chi connectivity index (χ4v) is 1.86. The van der Waals surface area contributed by atoms with Crippen molar-refractivity contribution in [3.05, 3.63) is 0 Å². The summed E-state index contributed by atoms with van der Waals surface area (Å²) < 4.78 is 4.70. The topological polar surface area (TPSA) is 38.3 Å². The van der Waals surface area contributed by atoms with Crippen molar-refractivity contribution in [2.75, 3.05) is 20.2 Å². The predicted molar refractivity (Wildman–Crippen MR) is 35.4 cm³/mol. The smallest absolute Gasteiger partial charge is 0.313 e. The van der Waals surface area contributed by atoms with Crippen LogP contribution in [0, 0.1) is 11.3 Å². The molecule has 56 valence electrons. The molecule has 0 aromatic carbocycles. The minimum Gasteiger partial charge on any atom is -0.469 e. The zero-order valence-electron chi connectivity index (χ0n) is 6.02. The van der Waals surface area contributed by atoms with Crippen LogP contribution in [0.1, 0.15) is 6.42 Å². The lowest BCUT2D eigenvalue weighted by Crippen LogP contribution is -2.24. The number of hydrogen-bond donors (Lipinski definition) is 1. The van der Waals surface area contributed by atoms with Gasteiger partial charge in [-0.2, -0.15) is 0 Å². The van der Waals surface area contributed by atoms with Crippen LogP contribution in [-0.2, 0) is 9.53 Å². The minimum atomic E-state index is -0.102. The van der Waals surface area contributed by atoms with E-state index in [9.17, 15) is 4.79 Å². The van der Waals surface area contributed by atoms with Gasteiger partial charge in [0.2, 0.25) is 0 Å². The summed E-state index contributed by atoms with van der Waals surface area (Å²) in [6.07, 6.45) is 1.03. The molecule has 1 heterocycles. The van der Waals surface area contributed by atoms with Crippen LogP contribution < -0.4 is 5.32 Å². The number of nitrogens with one attached hydrogen (secondary N) is 1. The molecule has 2 rings (SSSR count). The Hall–Kier alpha value is -0.570. The number of hydrogen-bond acceptors (Lipinski definition) is 3. The normalized spacial score (nSPS) is 42.7. The average molecular weight is 141 g/mol. The van der Waals surface area contributed by atoms with Gasteiger partial charge in [-0.1, -0.05) is 0 Å². The van der Waals surface area contributed by atoms with Gasteiger partial charge in [-0.3, -0.25) is 4.79 Å². The number of fused-ring (bicyclic) bond motifs is 1. The number of esters is 1. The van der Waals surface area contributed by atoms with Crippen molar-refractivity contribution >= 4 is 5.97 Å². The predicted octanol–water partition coefficient (Wildman–Crippen LogP) is -0.231. The zero-order chi connectivity index (χ0) is 7.19. The third kappa shape index (κ3) is 0.560. The second-order valence-electron chi connectivity index (χ2n) is 3.18. The minimum absolute atomic E-state index is 0.0255. The van der Waals surface area contributed by atoms with Gasteiger partial charge >= 0.3 is 5.97 Å². The van der Waals surface area contributed by atoms with Gasteiger partial charge in [-0.15, -0.1) is 0 Å². The molecule has 2 aliphatic rings. The number of methoxy groups -OCH3 is 1. The van der Waals surface area contributed by atoms with Crippen molar-refractivity contribution in [3.8, 4) is 0 Å². The van der Waals surface area contributed by atoms with Crippen molar-refractivity contribution in [1.29, 1.82) is 0 Å². The molecule has 2 atom stereocenters. The summed E-state index contributed by atoms with van der Waals surface area (Å²) in [5, 5.41) is 3.18. The van der Waals surface area contributed by atoms with Crippen LogP contribution in [-0.4, -0.2) is 26.2 Å². The van der Waals surface area contributed by atoms with Gasteiger partial charge in [0.05, 0.1) is 12.5 Å². The van der Waals surface area contributed by atoms with E-state index in [2.05, 4.69) is 5.32 Å².